The molecule has 3 rings (SSSR count). The molecule has 2 aromatic carbocycles. The average molecular weight is 323 g/mol. The number of amides is 1. The van der Waals surface area contributed by atoms with Crippen LogP contribution in [0, 0.1) is 6.92 Å². The van der Waals surface area contributed by atoms with Crippen molar-refractivity contribution < 1.29 is 14.7 Å². The largest absolute Gasteiger partial charge is 0.375 e. The topological polar surface area (TPSA) is 66.4 Å². The molecule has 4 nitrogen and oxygen atoms in total. The predicted molar refractivity (Wildman–Crippen MR) is 93.2 cm³/mol. The minimum Gasteiger partial charge on any atom is -0.375 e. The minimum atomic E-state index is -1.81. The van der Waals surface area contributed by atoms with E-state index in [2.05, 4.69) is 19.2 Å². The summed E-state index contributed by atoms with van der Waals surface area (Å²) in [5.41, 5.74) is 1.80. The van der Waals surface area contributed by atoms with Gasteiger partial charge in [0.25, 0.3) is 5.91 Å². The van der Waals surface area contributed by atoms with Crippen molar-refractivity contribution in [3.05, 3.63) is 64.7 Å². The monoisotopic (exact) mass is 323 g/mol. The molecule has 2 N–H and O–H groups in total. The summed E-state index contributed by atoms with van der Waals surface area (Å²) < 4.78 is 0. The molecule has 0 aliphatic carbocycles. The fourth-order valence-corrected chi connectivity index (χ4v) is 3.02. The van der Waals surface area contributed by atoms with Crippen molar-refractivity contribution in [2.75, 3.05) is 5.32 Å². The SMILES string of the molecule is Cc1ccc2c(c1)[C@@](O)(CC(=O)c1ccc(C(C)C)cc1)C(=O)N2. The van der Waals surface area contributed by atoms with Gasteiger partial charge in [-0.05, 0) is 24.5 Å². The van der Waals surface area contributed by atoms with Gasteiger partial charge in [-0.1, -0.05) is 55.8 Å². The molecule has 0 spiro atoms. The van der Waals surface area contributed by atoms with Crippen molar-refractivity contribution in [1.29, 1.82) is 0 Å². The first-order valence-corrected chi connectivity index (χ1v) is 8.09. The summed E-state index contributed by atoms with van der Waals surface area (Å²) >= 11 is 0. The maximum Gasteiger partial charge on any atom is 0.261 e. The number of hydrogen-bond acceptors (Lipinski definition) is 3. The van der Waals surface area contributed by atoms with Gasteiger partial charge in [0, 0.05) is 16.8 Å². The normalized spacial score (nSPS) is 19.3. The number of anilines is 1. The zero-order valence-corrected chi connectivity index (χ0v) is 14.1. The van der Waals surface area contributed by atoms with Crippen LogP contribution in [-0.2, 0) is 10.4 Å². The number of hydrogen-bond donors (Lipinski definition) is 2. The number of aryl methyl sites for hydroxylation is 1. The average Bonchev–Trinajstić information content (AvgIpc) is 2.78. The Kier molecular flexibility index (Phi) is 4.01. The van der Waals surface area contributed by atoms with E-state index in [1.165, 1.54) is 0 Å². The van der Waals surface area contributed by atoms with Crippen molar-refractivity contribution in [1.82, 2.24) is 0 Å². The summed E-state index contributed by atoms with van der Waals surface area (Å²) in [6.45, 7) is 6.05. The van der Waals surface area contributed by atoms with Gasteiger partial charge in [0.05, 0.1) is 6.42 Å². The first kappa shape index (κ1) is 16.4. The van der Waals surface area contributed by atoms with Crippen molar-refractivity contribution >= 4 is 17.4 Å². The van der Waals surface area contributed by atoms with E-state index in [1.54, 1.807) is 24.3 Å². The molecule has 0 saturated carbocycles. The van der Waals surface area contributed by atoms with Crippen LogP contribution in [0.5, 0.6) is 0 Å². The van der Waals surface area contributed by atoms with E-state index in [4.69, 9.17) is 0 Å². The first-order chi connectivity index (χ1) is 11.3. The fourth-order valence-electron chi connectivity index (χ4n) is 3.02. The Morgan fingerprint density at radius 3 is 2.46 bits per heavy atom. The Hall–Kier alpha value is -2.46. The van der Waals surface area contributed by atoms with E-state index in [0.29, 0.717) is 22.7 Å². The standard InChI is InChI=1S/C20H21NO3/c1-12(2)14-5-7-15(8-6-14)18(22)11-20(24)16-10-13(3)4-9-17(16)21-19(20)23/h4-10,12,24H,11H2,1-3H3,(H,21,23)/t20-/m0/s1. The third kappa shape index (κ3) is 2.74. The van der Waals surface area contributed by atoms with Crippen LogP contribution in [0.2, 0.25) is 0 Å². The van der Waals surface area contributed by atoms with E-state index in [9.17, 15) is 14.7 Å². The third-order valence-corrected chi connectivity index (χ3v) is 4.56. The molecule has 4 heteroatoms. The number of aliphatic hydroxyl groups is 1. The van der Waals surface area contributed by atoms with Crippen molar-refractivity contribution in [3.8, 4) is 0 Å². The lowest BCUT2D eigenvalue weighted by molar-refractivity contribution is -0.133. The zero-order chi connectivity index (χ0) is 17.5. The third-order valence-electron chi connectivity index (χ3n) is 4.56. The second-order valence-electron chi connectivity index (χ2n) is 6.74. The van der Waals surface area contributed by atoms with Crippen LogP contribution >= 0.6 is 0 Å². The molecule has 0 saturated heterocycles. The summed E-state index contributed by atoms with van der Waals surface area (Å²) in [5, 5.41) is 13.5. The molecule has 24 heavy (non-hydrogen) atoms. The number of Topliss-reactive ketones (excluding diaryl/α,β-unsaturated/α-hetero) is 1. The zero-order valence-electron chi connectivity index (χ0n) is 14.1. The van der Waals surface area contributed by atoms with Crippen LogP contribution in [0.4, 0.5) is 5.69 Å². The number of rotatable bonds is 4. The van der Waals surface area contributed by atoms with Crippen LogP contribution in [0.25, 0.3) is 0 Å². The molecule has 1 amide bonds. The smallest absolute Gasteiger partial charge is 0.261 e. The van der Waals surface area contributed by atoms with Gasteiger partial charge in [-0.15, -0.1) is 0 Å². The molecular weight excluding hydrogens is 302 g/mol. The highest BCUT2D eigenvalue weighted by molar-refractivity contribution is 6.09. The number of nitrogens with one attached hydrogen (secondary N) is 1. The highest BCUT2D eigenvalue weighted by Gasteiger charge is 2.46. The van der Waals surface area contributed by atoms with Gasteiger partial charge in [0.15, 0.2) is 11.4 Å². The second kappa shape index (κ2) is 5.87. The lowest BCUT2D eigenvalue weighted by atomic mass is 9.87. The molecule has 2 aromatic rings. The van der Waals surface area contributed by atoms with Gasteiger partial charge >= 0.3 is 0 Å². The van der Waals surface area contributed by atoms with Gasteiger partial charge in [0.2, 0.25) is 0 Å². The molecule has 0 radical (unpaired) electrons. The number of ketones is 1. The highest BCUT2D eigenvalue weighted by atomic mass is 16.3. The number of benzene rings is 2. The van der Waals surface area contributed by atoms with Crippen LogP contribution in [-0.4, -0.2) is 16.8 Å². The maximum absolute atomic E-state index is 12.6. The molecule has 1 aliphatic heterocycles. The second-order valence-corrected chi connectivity index (χ2v) is 6.74. The van der Waals surface area contributed by atoms with Crippen molar-refractivity contribution in [3.63, 3.8) is 0 Å². The Morgan fingerprint density at radius 1 is 1.17 bits per heavy atom. The Morgan fingerprint density at radius 2 is 1.83 bits per heavy atom. The maximum atomic E-state index is 12.6. The van der Waals surface area contributed by atoms with Gasteiger partial charge in [-0.2, -0.15) is 0 Å². The summed E-state index contributed by atoms with van der Waals surface area (Å²) in [6.07, 6.45) is -0.268. The number of carbonyl (C=O) groups is 2. The minimum absolute atomic E-state index is 0.252. The first-order valence-electron chi connectivity index (χ1n) is 8.09. The predicted octanol–water partition coefficient (Wildman–Crippen LogP) is 3.53. The molecule has 1 aliphatic rings. The number of carbonyl (C=O) groups excluding carboxylic acids is 2. The van der Waals surface area contributed by atoms with E-state index < -0.39 is 11.5 Å². The Bertz CT molecular complexity index is 808. The van der Waals surface area contributed by atoms with Crippen LogP contribution in [0.1, 0.15) is 53.2 Å². The van der Waals surface area contributed by atoms with E-state index in [1.807, 2.05) is 25.1 Å². The van der Waals surface area contributed by atoms with Crippen LogP contribution in [0.15, 0.2) is 42.5 Å². The van der Waals surface area contributed by atoms with Crippen molar-refractivity contribution in [2.24, 2.45) is 0 Å². The summed E-state index contributed by atoms with van der Waals surface area (Å²) in [4.78, 5) is 24.8. The molecular formula is C20H21NO3. The lowest BCUT2D eigenvalue weighted by Crippen LogP contribution is -2.36. The van der Waals surface area contributed by atoms with Crippen molar-refractivity contribution in [2.45, 2.75) is 38.7 Å². The molecule has 0 unspecified atom stereocenters. The summed E-state index contributed by atoms with van der Waals surface area (Å²) in [6, 6.07) is 12.7. The fraction of sp³-hybridized carbons (Fsp3) is 0.300. The van der Waals surface area contributed by atoms with Gasteiger partial charge in [-0.25, -0.2) is 0 Å². The van der Waals surface area contributed by atoms with Crippen LogP contribution < -0.4 is 5.32 Å². The van der Waals surface area contributed by atoms with E-state index >= 15 is 0 Å². The molecule has 124 valence electrons. The van der Waals surface area contributed by atoms with Crippen LogP contribution in [0.3, 0.4) is 0 Å². The highest BCUT2D eigenvalue weighted by Crippen LogP contribution is 2.39. The lowest BCUT2D eigenvalue weighted by Gasteiger charge is -2.20. The molecule has 0 aromatic heterocycles. The molecule has 1 heterocycles. The molecule has 0 bridgehead atoms. The van der Waals surface area contributed by atoms with Gasteiger partial charge < -0.3 is 10.4 Å². The number of fused-ring (bicyclic) bond motifs is 1. The molecule has 1 atom stereocenters. The van der Waals surface area contributed by atoms with Gasteiger partial charge in [-0.3, -0.25) is 9.59 Å². The summed E-state index contributed by atoms with van der Waals surface area (Å²) in [5.74, 6) is -0.415. The van der Waals surface area contributed by atoms with E-state index in [-0.39, 0.29) is 12.2 Å². The van der Waals surface area contributed by atoms with E-state index in [0.717, 1.165) is 11.1 Å². The van der Waals surface area contributed by atoms with Gasteiger partial charge in [0.1, 0.15) is 0 Å². The Labute approximate surface area is 141 Å². The Balaban J connectivity index is 1.89. The quantitative estimate of drug-likeness (QED) is 0.846. The molecule has 0 fully saturated rings. The summed E-state index contributed by atoms with van der Waals surface area (Å²) in [7, 11) is 0.